The van der Waals surface area contributed by atoms with E-state index < -0.39 is 0 Å². The normalized spacial score (nSPS) is 25.3. The second kappa shape index (κ2) is 4.38. The van der Waals surface area contributed by atoms with Crippen LogP contribution in [0.1, 0.15) is 12.8 Å². The summed E-state index contributed by atoms with van der Waals surface area (Å²) in [7, 11) is 2.18. The molecular weight excluding hydrogens is 136 g/mol. The Labute approximate surface area is 69.0 Å². The number of nitrogens with zero attached hydrogens (tertiary/aromatic N) is 1. The molecule has 2 heteroatoms. The molecule has 0 aromatic heterocycles. The first kappa shape index (κ1) is 8.58. The van der Waals surface area contributed by atoms with Crippen LogP contribution in [0.25, 0.3) is 0 Å². The Bertz CT molecular complexity index is 148. The molecule has 0 amide bonds. The molecule has 1 fully saturated rings. The van der Waals surface area contributed by atoms with Crippen LogP contribution in [0, 0.1) is 12.3 Å². The van der Waals surface area contributed by atoms with E-state index in [0.717, 1.165) is 6.54 Å². The van der Waals surface area contributed by atoms with Gasteiger partial charge in [0, 0.05) is 12.6 Å². The van der Waals surface area contributed by atoms with Crippen LogP contribution in [0.4, 0.5) is 0 Å². The Hall–Kier alpha value is -0.520. The van der Waals surface area contributed by atoms with Gasteiger partial charge in [-0.25, -0.2) is 0 Å². The second-order valence-electron chi connectivity index (χ2n) is 3.11. The van der Waals surface area contributed by atoms with Gasteiger partial charge in [-0.2, -0.15) is 0 Å². The van der Waals surface area contributed by atoms with Crippen LogP contribution in [0.2, 0.25) is 0 Å². The molecule has 62 valence electrons. The van der Waals surface area contributed by atoms with E-state index in [0.29, 0.717) is 12.6 Å². The third kappa shape index (κ3) is 2.53. The van der Waals surface area contributed by atoms with Crippen LogP contribution in [-0.2, 0) is 0 Å². The van der Waals surface area contributed by atoms with Crippen molar-refractivity contribution in [2.24, 2.45) is 0 Å². The van der Waals surface area contributed by atoms with Crippen molar-refractivity contribution in [3.8, 4) is 12.3 Å². The van der Waals surface area contributed by atoms with Crippen LogP contribution in [0.15, 0.2) is 0 Å². The summed E-state index contributed by atoms with van der Waals surface area (Å²) >= 11 is 0. The highest BCUT2D eigenvalue weighted by Crippen LogP contribution is 2.13. The Morgan fingerprint density at radius 2 is 2.55 bits per heavy atom. The lowest BCUT2D eigenvalue weighted by atomic mass is 10.2. The molecule has 1 unspecified atom stereocenters. The number of rotatable bonds is 3. The molecule has 0 radical (unpaired) electrons. The molecular formula is C9H16N2. The zero-order valence-corrected chi connectivity index (χ0v) is 7.14. The summed E-state index contributed by atoms with van der Waals surface area (Å²) in [5.74, 6) is 2.58. The van der Waals surface area contributed by atoms with Gasteiger partial charge in [-0.1, -0.05) is 5.92 Å². The molecule has 0 bridgehead atoms. The summed E-state index contributed by atoms with van der Waals surface area (Å²) in [5.41, 5.74) is 0. The fourth-order valence-corrected chi connectivity index (χ4v) is 1.55. The van der Waals surface area contributed by atoms with Crippen LogP contribution >= 0.6 is 0 Å². The minimum Gasteiger partial charge on any atom is -0.305 e. The molecule has 1 rings (SSSR count). The first-order valence-corrected chi connectivity index (χ1v) is 4.19. The number of hydrogen-bond acceptors (Lipinski definition) is 2. The van der Waals surface area contributed by atoms with Gasteiger partial charge in [0.25, 0.3) is 0 Å². The first-order valence-electron chi connectivity index (χ1n) is 4.19. The fourth-order valence-electron chi connectivity index (χ4n) is 1.55. The minimum absolute atomic E-state index is 0.699. The van der Waals surface area contributed by atoms with E-state index in [4.69, 9.17) is 6.42 Å². The fraction of sp³-hybridized carbons (Fsp3) is 0.778. The summed E-state index contributed by atoms with van der Waals surface area (Å²) in [6.45, 7) is 2.98. The van der Waals surface area contributed by atoms with E-state index in [2.05, 4.69) is 23.2 Å². The van der Waals surface area contributed by atoms with Crippen LogP contribution < -0.4 is 5.32 Å². The summed E-state index contributed by atoms with van der Waals surface area (Å²) in [4.78, 5) is 2.39. The number of likely N-dealkylation sites (tertiary alicyclic amines) is 1. The van der Waals surface area contributed by atoms with E-state index in [1.165, 1.54) is 19.4 Å². The monoisotopic (exact) mass is 152 g/mol. The molecule has 1 N–H and O–H groups in total. The molecule has 1 aliphatic rings. The zero-order chi connectivity index (χ0) is 8.10. The molecule has 1 heterocycles. The van der Waals surface area contributed by atoms with Crippen LogP contribution in [0.3, 0.4) is 0 Å². The lowest BCUT2D eigenvalue weighted by molar-refractivity contribution is 0.303. The summed E-state index contributed by atoms with van der Waals surface area (Å²) in [5, 5.41) is 3.23. The molecule has 0 spiro atoms. The van der Waals surface area contributed by atoms with E-state index in [9.17, 15) is 0 Å². The maximum Gasteiger partial charge on any atom is 0.0574 e. The lowest BCUT2D eigenvalue weighted by Gasteiger charge is -2.18. The van der Waals surface area contributed by atoms with Gasteiger partial charge in [0.1, 0.15) is 0 Å². The van der Waals surface area contributed by atoms with Crippen molar-refractivity contribution in [1.82, 2.24) is 10.2 Å². The Morgan fingerprint density at radius 1 is 1.73 bits per heavy atom. The summed E-state index contributed by atoms with van der Waals surface area (Å²) in [6, 6.07) is 0.711. The largest absolute Gasteiger partial charge is 0.305 e. The predicted molar refractivity (Wildman–Crippen MR) is 47.4 cm³/mol. The molecule has 1 atom stereocenters. The lowest BCUT2D eigenvalue weighted by Crippen LogP contribution is -2.35. The average Bonchev–Trinajstić information content (AvgIpc) is 2.37. The first-order chi connectivity index (χ1) is 5.34. The molecule has 0 saturated carbocycles. The van der Waals surface area contributed by atoms with Gasteiger partial charge < -0.3 is 10.2 Å². The molecule has 2 nitrogen and oxygen atoms in total. The molecule has 0 aromatic carbocycles. The third-order valence-corrected chi connectivity index (χ3v) is 2.28. The number of terminal acetylenes is 1. The third-order valence-electron chi connectivity index (χ3n) is 2.28. The van der Waals surface area contributed by atoms with Crippen molar-refractivity contribution >= 4 is 0 Å². The summed E-state index contributed by atoms with van der Waals surface area (Å²) in [6.07, 6.45) is 7.77. The Balaban J connectivity index is 2.11. The standard InChI is InChI=1S/C9H16N2/c1-3-6-10-8-9-5-4-7-11(9)2/h1,9-10H,4-8H2,2H3. The van der Waals surface area contributed by atoms with Crippen molar-refractivity contribution in [3.63, 3.8) is 0 Å². The molecule has 1 aliphatic heterocycles. The van der Waals surface area contributed by atoms with Crippen molar-refractivity contribution in [2.75, 3.05) is 26.7 Å². The quantitative estimate of drug-likeness (QED) is 0.462. The van der Waals surface area contributed by atoms with Gasteiger partial charge in [-0.15, -0.1) is 6.42 Å². The minimum atomic E-state index is 0.699. The topological polar surface area (TPSA) is 15.3 Å². The number of nitrogens with one attached hydrogen (secondary N) is 1. The van der Waals surface area contributed by atoms with Gasteiger partial charge in [0.15, 0.2) is 0 Å². The molecule has 1 saturated heterocycles. The van der Waals surface area contributed by atoms with Crippen molar-refractivity contribution < 1.29 is 0 Å². The smallest absolute Gasteiger partial charge is 0.0574 e. The highest BCUT2D eigenvalue weighted by molar-refractivity contribution is 4.88. The van der Waals surface area contributed by atoms with Crippen LogP contribution in [-0.4, -0.2) is 37.6 Å². The predicted octanol–water partition coefficient (Wildman–Crippen LogP) is 0.303. The van der Waals surface area contributed by atoms with E-state index in [1.807, 2.05) is 0 Å². The molecule has 0 aromatic rings. The highest BCUT2D eigenvalue weighted by atomic mass is 15.2. The maximum absolute atomic E-state index is 5.12. The highest BCUT2D eigenvalue weighted by Gasteiger charge is 2.19. The molecule has 0 aliphatic carbocycles. The molecule has 11 heavy (non-hydrogen) atoms. The van der Waals surface area contributed by atoms with Crippen molar-refractivity contribution in [1.29, 1.82) is 0 Å². The van der Waals surface area contributed by atoms with E-state index >= 15 is 0 Å². The maximum atomic E-state index is 5.12. The Morgan fingerprint density at radius 3 is 3.09 bits per heavy atom. The van der Waals surface area contributed by atoms with Crippen molar-refractivity contribution in [3.05, 3.63) is 0 Å². The zero-order valence-electron chi connectivity index (χ0n) is 7.14. The number of likely N-dealkylation sites (N-methyl/N-ethyl adjacent to an activating group) is 1. The van der Waals surface area contributed by atoms with Gasteiger partial charge in [-0.3, -0.25) is 0 Å². The number of hydrogen-bond donors (Lipinski definition) is 1. The average molecular weight is 152 g/mol. The van der Waals surface area contributed by atoms with E-state index in [-0.39, 0.29) is 0 Å². The Kier molecular flexibility index (Phi) is 3.41. The van der Waals surface area contributed by atoms with Crippen LogP contribution in [0.5, 0.6) is 0 Å². The SMILES string of the molecule is C#CCNCC1CCCN1C. The second-order valence-corrected chi connectivity index (χ2v) is 3.11. The van der Waals surface area contributed by atoms with Gasteiger partial charge in [0.2, 0.25) is 0 Å². The van der Waals surface area contributed by atoms with E-state index in [1.54, 1.807) is 0 Å². The van der Waals surface area contributed by atoms with Gasteiger partial charge in [-0.05, 0) is 26.4 Å². The van der Waals surface area contributed by atoms with Gasteiger partial charge >= 0.3 is 0 Å². The van der Waals surface area contributed by atoms with Crippen molar-refractivity contribution in [2.45, 2.75) is 18.9 Å². The van der Waals surface area contributed by atoms with Gasteiger partial charge in [0.05, 0.1) is 6.54 Å². The summed E-state index contributed by atoms with van der Waals surface area (Å²) < 4.78 is 0.